The standard InChI is InChI=1S/C13H9BrINO3/c1-7-4-12(16-6-9(7)14)19-11-5-8(13(17)18)2-3-10(11)15/h2-6H,1H3,(H,17,18). The molecule has 6 heteroatoms. The number of hydrogen-bond acceptors (Lipinski definition) is 3. The monoisotopic (exact) mass is 433 g/mol. The number of carbonyl (C=O) groups is 1. The smallest absolute Gasteiger partial charge is 0.335 e. The first-order valence-electron chi connectivity index (χ1n) is 5.30. The molecule has 0 aliphatic carbocycles. The SMILES string of the molecule is Cc1cc(Oc2cc(C(=O)O)ccc2I)ncc1Br. The number of rotatable bonds is 3. The summed E-state index contributed by atoms with van der Waals surface area (Å²) in [7, 11) is 0. The van der Waals surface area contributed by atoms with E-state index in [-0.39, 0.29) is 5.56 Å². The van der Waals surface area contributed by atoms with Gasteiger partial charge in [0.2, 0.25) is 5.88 Å². The summed E-state index contributed by atoms with van der Waals surface area (Å²) < 4.78 is 7.35. The summed E-state index contributed by atoms with van der Waals surface area (Å²) in [6.07, 6.45) is 1.65. The van der Waals surface area contributed by atoms with Crippen LogP contribution in [0.5, 0.6) is 11.6 Å². The minimum absolute atomic E-state index is 0.184. The van der Waals surface area contributed by atoms with Gasteiger partial charge in [-0.15, -0.1) is 0 Å². The molecule has 0 atom stereocenters. The minimum atomic E-state index is -0.985. The fourth-order valence-electron chi connectivity index (χ4n) is 1.40. The summed E-state index contributed by atoms with van der Waals surface area (Å²) in [6, 6.07) is 6.51. The molecule has 0 saturated heterocycles. The lowest BCUT2D eigenvalue weighted by Gasteiger charge is -2.08. The van der Waals surface area contributed by atoms with Gasteiger partial charge >= 0.3 is 5.97 Å². The number of hydrogen-bond donors (Lipinski definition) is 1. The number of halogens is 2. The highest BCUT2D eigenvalue weighted by Gasteiger charge is 2.10. The first-order chi connectivity index (χ1) is 8.97. The lowest BCUT2D eigenvalue weighted by molar-refractivity contribution is 0.0696. The van der Waals surface area contributed by atoms with Crippen LogP contribution >= 0.6 is 38.5 Å². The predicted octanol–water partition coefficient (Wildman–Crippen LogP) is 4.25. The van der Waals surface area contributed by atoms with E-state index in [1.165, 1.54) is 12.1 Å². The third-order valence-electron chi connectivity index (χ3n) is 2.41. The van der Waals surface area contributed by atoms with Gasteiger partial charge in [-0.3, -0.25) is 0 Å². The fraction of sp³-hybridized carbons (Fsp3) is 0.0769. The van der Waals surface area contributed by atoms with Crippen LogP contribution in [0.1, 0.15) is 15.9 Å². The number of aromatic nitrogens is 1. The van der Waals surface area contributed by atoms with E-state index < -0.39 is 5.97 Å². The molecular weight excluding hydrogens is 425 g/mol. The Hall–Kier alpha value is -1.15. The van der Waals surface area contributed by atoms with Gasteiger partial charge in [-0.25, -0.2) is 9.78 Å². The lowest BCUT2D eigenvalue weighted by atomic mass is 10.2. The second-order valence-corrected chi connectivity index (χ2v) is 5.84. The number of carboxylic acids is 1. The molecule has 4 nitrogen and oxygen atoms in total. The van der Waals surface area contributed by atoms with E-state index in [2.05, 4.69) is 43.5 Å². The van der Waals surface area contributed by atoms with Crippen LogP contribution in [0.2, 0.25) is 0 Å². The van der Waals surface area contributed by atoms with Gasteiger partial charge in [-0.05, 0) is 69.2 Å². The van der Waals surface area contributed by atoms with Gasteiger partial charge in [0.1, 0.15) is 5.75 Å². The molecule has 1 heterocycles. The molecule has 0 fully saturated rings. The van der Waals surface area contributed by atoms with E-state index in [0.29, 0.717) is 11.6 Å². The maximum atomic E-state index is 10.9. The Morgan fingerprint density at radius 2 is 2.16 bits per heavy atom. The van der Waals surface area contributed by atoms with Crippen LogP contribution < -0.4 is 4.74 Å². The van der Waals surface area contributed by atoms with E-state index in [4.69, 9.17) is 9.84 Å². The van der Waals surface area contributed by atoms with Crippen LogP contribution in [0, 0.1) is 10.5 Å². The molecule has 0 saturated carbocycles. The van der Waals surface area contributed by atoms with E-state index in [1.807, 2.05) is 6.92 Å². The summed E-state index contributed by atoms with van der Waals surface area (Å²) in [6.45, 7) is 1.93. The third kappa shape index (κ3) is 3.44. The van der Waals surface area contributed by atoms with Crippen LogP contribution in [-0.4, -0.2) is 16.1 Å². The minimum Gasteiger partial charge on any atom is -0.478 e. The zero-order valence-corrected chi connectivity index (χ0v) is 13.6. The molecule has 0 aliphatic rings. The molecule has 0 bridgehead atoms. The summed E-state index contributed by atoms with van der Waals surface area (Å²) in [4.78, 5) is 15.1. The number of benzene rings is 1. The van der Waals surface area contributed by atoms with Gasteiger partial charge in [0.25, 0.3) is 0 Å². The molecule has 0 amide bonds. The van der Waals surface area contributed by atoms with Crippen molar-refractivity contribution in [3.05, 3.63) is 49.6 Å². The average molecular weight is 434 g/mol. The second-order valence-electron chi connectivity index (χ2n) is 3.82. The van der Waals surface area contributed by atoms with Crippen LogP contribution in [0.4, 0.5) is 0 Å². The second kappa shape index (κ2) is 5.87. The molecular formula is C13H9BrINO3. The van der Waals surface area contributed by atoms with Gasteiger partial charge < -0.3 is 9.84 Å². The third-order valence-corrected chi connectivity index (χ3v) is 4.14. The van der Waals surface area contributed by atoms with Crippen molar-refractivity contribution in [1.82, 2.24) is 4.98 Å². The normalized spacial score (nSPS) is 10.3. The van der Waals surface area contributed by atoms with Gasteiger partial charge in [-0.2, -0.15) is 0 Å². The van der Waals surface area contributed by atoms with Gasteiger partial charge in [0.05, 0.1) is 9.13 Å². The van der Waals surface area contributed by atoms with Crippen molar-refractivity contribution in [2.45, 2.75) is 6.92 Å². The number of nitrogens with zero attached hydrogens (tertiary/aromatic N) is 1. The highest BCUT2D eigenvalue weighted by molar-refractivity contribution is 14.1. The largest absolute Gasteiger partial charge is 0.478 e. The van der Waals surface area contributed by atoms with Gasteiger partial charge in [0.15, 0.2) is 0 Å². The summed E-state index contributed by atoms with van der Waals surface area (Å²) in [5, 5.41) is 8.97. The van der Waals surface area contributed by atoms with Crippen molar-refractivity contribution in [1.29, 1.82) is 0 Å². The van der Waals surface area contributed by atoms with Gasteiger partial charge in [0, 0.05) is 16.7 Å². The number of carboxylic acid groups (broad SMARTS) is 1. The topological polar surface area (TPSA) is 59.4 Å². The Kier molecular flexibility index (Phi) is 4.41. The summed E-state index contributed by atoms with van der Waals surface area (Å²) in [5.74, 6) is -0.0722. The number of pyridine rings is 1. The Bertz CT molecular complexity index is 646. The Morgan fingerprint density at radius 1 is 1.42 bits per heavy atom. The molecule has 1 aromatic carbocycles. The summed E-state index contributed by atoms with van der Waals surface area (Å²) >= 11 is 5.45. The lowest BCUT2D eigenvalue weighted by Crippen LogP contribution is -1.98. The fourth-order valence-corrected chi connectivity index (χ4v) is 2.06. The molecule has 0 spiro atoms. The van der Waals surface area contributed by atoms with Crippen molar-refractivity contribution in [3.8, 4) is 11.6 Å². The molecule has 19 heavy (non-hydrogen) atoms. The molecule has 1 aromatic heterocycles. The maximum absolute atomic E-state index is 10.9. The van der Waals surface area contributed by atoms with Crippen LogP contribution in [0.3, 0.4) is 0 Å². The van der Waals surface area contributed by atoms with Crippen LogP contribution in [0.15, 0.2) is 34.9 Å². The van der Waals surface area contributed by atoms with Crippen molar-refractivity contribution in [2.24, 2.45) is 0 Å². The van der Waals surface area contributed by atoms with Crippen LogP contribution in [-0.2, 0) is 0 Å². The number of ether oxygens (including phenoxy) is 1. The Labute approximate surface area is 132 Å². The first kappa shape index (κ1) is 14.3. The van der Waals surface area contributed by atoms with Gasteiger partial charge in [-0.1, -0.05) is 0 Å². The number of aromatic carboxylic acids is 1. The van der Waals surface area contributed by atoms with E-state index >= 15 is 0 Å². The quantitative estimate of drug-likeness (QED) is 0.735. The maximum Gasteiger partial charge on any atom is 0.335 e. The summed E-state index contributed by atoms with van der Waals surface area (Å²) in [5.41, 5.74) is 1.18. The molecule has 0 aliphatic heterocycles. The Morgan fingerprint density at radius 3 is 2.79 bits per heavy atom. The highest BCUT2D eigenvalue weighted by atomic mass is 127. The van der Waals surface area contributed by atoms with Crippen molar-refractivity contribution in [2.75, 3.05) is 0 Å². The molecule has 1 N–H and O–H groups in total. The predicted molar refractivity (Wildman–Crippen MR) is 82.9 cm³/mol. The zero-order chi connectivity index (χ0) is 14.0. The highest BCUT2D eigenvalue weighted by Crippen LogP contribution is 2.28. The van der Waals surface area contributed by atoms with Crippen LogP contribution in [0.25, 0.3) is 0 Å². The van der Waals surface area contributed by atoms with Crippen molar-refractivity contribution in [3.63, 3.8) is 0 Å². The molecule has 0 unspecified atom stereocenters. The van der Waals surface area contributed by atoms with E-state index in [1.54, 1.807) is 18.3 Å². The molecule has 2 rings (SSSR count). The van der Waals surface area contributed by atoms with E-state index in [0.717, 1.165) is 13.6 Å². The Balaban J connectivity index is 2.34. The molecule has 0 radical (unpaired) electrons. The van der Waals surface area contributed by atoms with Crippen molar-refractivity contribution < 1.29 is 14.6 Å². The zero-order valence-electron chi connectivity index (χ0n) is 9.85. The molecule has 98 valence electrons. The van der Waals surface area contributed by atoms with Crippen molar-refractivity contribution >= 4 is 44.5 Å². The number of aryl methyl sites for hydroxylation is 1. The first-order valence-corrected chi connectivity index (χ1v) is 7.17. The molecule has 2 aromatic rings. The average Bonchev–Trinajstić information content (AvgIpc) is 2.36. The van der Waals surface area contributed by atoms with E-state index in [9.17, 15) is 4.79 Å².